The summed E-state index contributed by atoms with van der Waals surface area (Å²) in [7, 11) is 0. The van der Waals surface area contributed by atoms with Crippen molar-refractivity contribution < 1.29 is 0 Å². The molecule has 0 saturated carbocycles. The van der Waals surface area contributed by atoms with Crippen LogP contribution in [0.1, 0.15) is 0 Å². The summed E-state index contributed by atoms with van der Waals surface area (Å²) in [5.74, 6) is 0. The van der Waals surface area contributed by atoms with Crippen molar-refractivity contribution in [2.45, 2.75) is 0 Å². The molecule has 1 heterocycles. The highest BCUT2D eigenvalue weighted by atomic mass is 35.5. The topological polar surface area (TPSA) is 38.7 Å². The van der Waals surface area contributed by atoms with Crippen molar-refractivity contribution in [3.63, 3.8) is 0 Å². The molecule has 1 aromatic rings. The third-order valence-electron chi connectivity index (χ3n) is 0.552. The highest BCUT2D eigenvalue weighted by Crippen LogP contribution is 2.13. The molecule has 0 fully saturated rings. The second kappa shape index (κ2) is 2.24. The highest BCUT2D eigenvalue weighted by molar-refractivity contribution is 6.40. The maximum absolute atomic E-state index is 5.41. The first-order valence-corrected chi connectivity index (χ1v) is 2.55. The highest BCUT2D eigenvalue weighted by Gasteiger charge is 1.94. The van der Waals surface area contributed by atoms with Crippen LogP contribution in [0.2, 0.25) is 10.2 Å². The number of aromatic nitrogens is 3. The lowest BCUT2D eigenvalue weighted by molar-refractivity contribution is 0.865. The van der Waals surface area contributed by atoms with E-state index in [1.54, 1.807) is 0 Å². The Labute approximate surface area is 55.6 Å². The predicted octanol–water partition coefficient (Wildman–Crippen LogP) is 1.18. The van der Waals surface area contributed by atoms with Crippen molar-refractivity contribution in [2.24, 2.45) is 0 Å². The Balaban J connectivity index is 3.13. The largest absolute Gasteiger partial charge is 0.173 e. The Morgan fingerprint density at radius 3 is 2.50 bits per heavy atom. The van der Waals surface area contributed by atoms with Gasteiger partial charge in [0.1, 0.15) is 5.02 Å². The van der Waals surface area contributed by atoms with Gasteiger partial charge in [0, 0.05) is 0 Å². The minimum atomic E-state index is 0.182. The van der Waals surface area contributed by atoms with Gasteiger partial charge >= 0.3 is 0 Å². The van der Waals surface area contributed by atoms with Crippen LogP contribution in [0.25, 0.3) is 0 Å². The van der Waals surface area contributed by atoms with Crippen LogP contribution in [0.15, 0.2) is 6.20 Å². The molecule has 0 spiro atoms. The molecular weight excluding hydrogens is 149 g/mol. The van der Waals surface area contributed by atoms with Gasteiger partial charge in [0.25, 0.3) is 0 Å². The van der Waals surface area contributed by atoms with Crippen LogP contribution in [-0.4, -0.2) is 15.4 Å². The minimum absolute atomic E-state index is 0.182. The summed E-state index contributed by atoms with van der Waals surface area (Å²) in [6.45, 7) is 0. The van der Waals surface area contributed by atoms with Crippen molar-refractivity contribution in [3.05, 3.63) is 16.4 Å². The molecule has 0 aliphatic carbocycles. The lowest BCUT2D eigenvalue weighted by atomic mass is 10.7. The zero-order valence-electron chi connectivity index (χ0n) is 3.67. The summed E-state index contributed by atoms with van der Waals surface area (Å²) >= 11 is 10.8. The van der Waals surface area contributed by atoms with Crippen LogP contribution in [0.4, 0.5) is 0 Å². The molecule has 42 valence electrons. The number of halogens is 2. The maximum atomic E-state index is 5.41. The molecule has 1 aromatic heterocycles. The number of hydrogen-bond donors (Lipinski definition) is 0. The molecule has 0 aromatic carbocycles. The predicted molar refractivity (Wildman–Crippen MR) is 29.8 cm³/mol. The van der Waals surface area contributed by atoms with Crippen LogP contribution < -0.4 is 0 Å². The normalized spacial score (nSPS) is 9.25. The molecule has 0 radical (unpaired) electrons. The minimum Gasteiger partial charge on any atom is -0.137 e. The van der Waals surface area contributed by atoms with Gasteiger partial charge in [0.2, 0.25) is 0 Å². The molecule has 0 N–H and O–H groups in total. The Morgan fingerprint density at radius 2 is 2.12 bits per heavy atom. The van der Waals surface area contributed by atoms with Gasteiger partial charge in [-0.2, -0.15) is 0 Å². The van der Waals surface area contributed by atoms with Gasteiger partial charge < -0.3 is 0 Å². The summed E-state index contributed by atoms with van der Waals surface area (Å²) in [6, 6.07) is 0. The van der Waals surface area contributed by atoms with Gasteiger partial charge in [-0.25, -0.2) is 0 Å². The number of nitrogens with zero attached hydrogens (tertiary/aromatic N) is 3. The van der Waals surface area contributed by atoms with Crippen molar-refractivity contribution in [2.75, 3.05) is 0 Å². The first-order chi connectivity index (χ1) is 3.80. The second-order valence-electron chi connectivity index (χ2n) is 1.07. The Hall–Kier alpha value is -0.410. The molecule has 5 heteroatoms. The fraction of sp³-hybridized carbons (Fsp3) is 0. The number of rotatable bonds is 0. The van der Waals surface area contributed by atoms with E-state index in [1.165, 1.54) is 6.20 Å². The van der Waals surface area contributed by atoms with E-state index in [9.17, 15) is 0 Å². The van der Waals surface area contributed by atoms with E-state index < -0.39 is 0 Å². The van der Waals surface area contributed by atoms with E-state index in [0.29, 0.717) is 5.02 Å². The molecule has 8 heavy (non-hydrogen) atoms. The summed E-state index contributed by atoms with van der Waals surface area (Å²) in [6.07, 6.45) is 1.33. The smallest absolute Gasteiger partial charge is 0.137 e. The van der Waals surface area contributed by atoms with E-state index in [1.807, 2.05) is 0 Å². The van der Waals surface area contributed by atoms with Crippen molar-refractivity contribution in [1.29, 1.82) is 0 Å². The van der Waals surface area contributed by atoms with Gasteiger partial charge in [-0.3, -0.25) is 0 Å². The van der Waals surface area contributed by atoms with Gasteiger partial charge in [-0.05, 0) is 5.21 Å². The second-order valence-corrected chi connectivity index (χ2v) is 1.84. The summed E-state index contributed by atoms with van der Waals surface area (Å²) in [5, 5.41) is 10.5. The first-order valence-electron chi connectivity index (χ1n) is 1.80. The van der Waals surface area contributed by atoms with E-state index in [0.717, 1.165) is 0 Å². The molecule has 0 saturated heterocycles. The monoisotopic (exact) mass is 149 g/mol. The van der Waals surface area contributed by atoms with Crippen LogP contribution >= 0.6 is 23.2 Å². The standard InChI is InChI=1S/C3HCl2N3/c4-2-1-6-8-7-3(2)5/h1H. The van der Waals surface area contributed by atoms with E-state index >= 15 is 0 Å². The summed E-state index contributed by atoms with van der Waals surface area (Å²) in [4.78, 5) is 0. The van der Waals surface area contributed by atoms with Crippen molar-refractivity contribution in [1.82, 2.24) is 15.4 Å². The van der Waals surface area contributed by atoms with Crippen molar-refractivity contribution >= 4 is 23.2 Å². The van der Waals surface area contributed by atoms with Gasteiger partial charge in [-0.1, -0.05) is 23.2 Å². The van der Waals surface area contributed by atoms with Crippen LogP contribution in [0.5, 0.6) is 0 Å². The summed E-state index contributed by atoms with van der Waals surface area (Å²) < 4.78 is 0. The zero-order valence-corrected chi connectivity index (χ0v) is 5.19. The fourth-order valence-corrected chi connectivity index (χ4v) is 0.407. The van der Waals surface area contributed by atoms with E-state index in [2.05, 4.69) is 15.4 Å². The molecule has 0 atom stereocenters. The van der Waals surface area contributed by atoms with E-state index in [4.69, 9.17) is 23.2 Å². The van der Waals surface area contributed by atoms with E-state index in [-0.39, 0.29) is 5.15 Å². The first kappa shape index (κ1) is 5.72. The Bertz CT molecular complexity index is 169. The molecule has 0 aliphatic heterocycles. The molecule has 0 unspecified atom stereocenters. The molecule has 3 nitrogen and oxygen atoms in total. The average Bonchev–Trinajstić information content (AvgIpc) is 1.77. The average molecular weight is 150 g/mol. The SMILES string of the molecule is Clc1cnnnc1Cl. The third kappa shape index (κ3) is 1.05. The quantitative estimate of drug-likeness (QED) is 0.557. The number of hydrogen-bond acceptors (Lipinski definition) is 3. The van der Waals surface area contributed by atoms with Gasteiger partial charge in [-0.15, -0.1) is 10.2 Å². The zero-order chi connectivity index (χ0) is 5.98. The Kier molecular flexibility index (Phi) is 1.60. The van der Waals surface area contributed by atoms with Crippen LogP contribution in [-0.2, 0) is 0 Å². The maximum Gasteiger partial charge on any atom is 0.173 e. The molecule has 0 amide bonds. The van der Waals surface area contributed by atoms with Gasteiger partial charge in [0.15, 0.2) is 5.15 Å². The third-order valence-corrected chi connectivity index (χ3v) is 1.20. The molecule has 1 rings (SSSR count). The van der Waals surface area contributed by atoms with Gasteiger partial charge in [0.05, 0.1) is 6.20 Å². The fourth-order valence-electron chi connectivity index (χ4n) is 0.243. The lowest BCUT2D eigenvalue weighted by Gasteiger charge is -1.84. The summed E-state index contributed by atoms with van der Waals surface area (Å²) in [5.41, 5.74) is 0. The Morgan fingerprint density at radius 1 is 1.38 bits per heavy atom. The molecule has 0 bridgehead atoms. The van der Waals surface area contributed by atoms with Crippen LogP contribution in [0.3, 0.4) is 0 Å². The molecular formula is C3HCl2N3. The van der Waals surface area contributed by atoms with Crippen LogP contribution in [0, 0.1) is 0 Å². The van der Waals surface area contributed by atoms with Crippen molar-refractivity contribution in [3.8, 4) is 0 Å². The molecule has 0 aliphatic rings. The lowest BCUT2D eigenvalue weighted by Crippen LogP contribution is -1.84.